The molecular weight excluding hydrogens is 264 g/mol. The second-order valence-electron chi connectivity index (χ2n) is 6.87. The summed E-state index contributed by atoms with van der Waals surface area (Å²) in [4.78, 5) is 14.3. The minimum atomic E-state index is -0.662. The molecule has 0 amide bonds. The molecule has 122 valence electrons. The maximum Gasteiger partial charge on any atom is 0.324 e. The lowest BCUT2D eigenvalue weighted by Gasteiger charge is -2.35. The van der Waals surface area contributed by atoms with Crippen LogP contribution in [-0.2, 0) is 4.79 Å². The Morgan fingerprint density at radius 3 is 2.57 bits per heavy atom. The van der Waals surface area contributed by atoms with Crippen molar-refractivity contribution in [2.45, 2.75) is 64.3 Å². The van der Waals surface area contributed by atoms with Gasteiger partial charge < -0.3 is 15.3 Å². The van der Waals surface area contributed by atoms with E-state index in [1.54, 1.807) is 0 Å². The summed E-state index contributed by atoms with van der Waals surface area (Å²) in [6.07, 6.45) is 8.06. The summed E-state index contributed by atoms with van der Waals surface area (Å²) in [7, 11) is 0. The second-order valence-corrected chi connectivity index (χ2v) is 6.87. The van der Waals surface area contributed by atoms with Gasteiger partial charge in [-0.2, -0.15) is 0 Å². The van der Waals surface area contributed by atoms with Gasteiger partial charge in [0, 0.05) is 6.54 Å². The van der Waals surface area contributed by atoms with Crippen molar-refractivity contribution in [1.29, 1.82) is 0 Å². The molecule has 0 heterocycles. The van der Waals surface area contributed by atoms with Gasteiger partial charge in [0.05, 0.1) is 0 Å². The van der Waals surface area contributed by atoms with Crippen molar-refractivity contribution in [2.24, 2.45) is 11.8 Å². The van der Waals surface area contributed by atoms with Crippen LogP contribution in [0.4, 0.5) is 0 Å². The van der Waals surface area contributed by atoms with Crippen molar-refractivity contribution in [3.05, 3.63) is 0 Å². The molecule has 2 aliphatic rings. The molecule has 2 aliphatic carbocycles. The van der Waals surface area contributed by atoms with Gasteiger partial charge in [0.15, 0.2) is 0 Å². The molecule has 0 aromatic rings. The van der Waals surface area contributed by atoms with E-state index in [-0.39, 0.29) is 5.92 Å². The highest BCUT2D eigenvalue weighted by Crippen LogP contribution is 2.38. The lowest BCUT2D eigenvalue weighted by Crippen LogP contribution is -2.55. The fourth-order valence-electron chi connectivity index (χ4n) is 4.13. The van der Waals surface area contributed by atoms with Crippen LogP contribution in [0.3, 0.4) is 0 Å². The average Bonchev–Trinajstić information content (AvgIpc) is 2.82. The van der Waals surface area contributed by atoms with Crippen LogP contribution in [0.1, 0.15) is 58.8 Å². The van der Waals surface area contributed by atoms with Crippen LogP contribution in [0.5, 0.6) is 0 Å². The molecule has 0 radical (unpaired) electrons. The first-order valence-electron chi connectivity index (χ1n) is 8.83. The Morgan fingerprint density at radius 2 is 2.05 bits per heavy atom. The molecule has 0 saturated heterocycles. The summed E-state index contributed by atoms with van der Waals surface area (Å²) < 4.78 is 0. The van der Waals surface area contributed by atoms with Crippen LogP contribution in [0.15, 0.2) is 0 Å². The number of hydrogen-bond donors (Lipinski definition) is 2. The molecule has 0 spiro atoms. The zero-order valence-electron chi connectivity index (χ0n) is 13.7. The van der Waals surface area contributed by atoms with Gasteiger partial charge in [0.1, 0.15) is 5.54 Å². The van der Waals surface area contributed by atoms with E-state index < -0.39 is 11.5 Å². The monoisotopic (exact) mass is 296 g/mol. The van der Waals surface area contributed by atoms with Crippen molar-refractivity contribution in [3.63, 3.8) is 0 Å². The van der Waals surface area contributed by atoms with Crippen molar-refractivity contribution in [1.82, 2.24) is 10.2 Å². The number of aliphatic carboxylic acids is 1. The standard InChI is InChI=1S/C17H32N2O2/c1-3-18-17(16(20)21)11-6-9-15(17)10-12-19(4-2)13-14-7-5-8-14/h14-15,18H,3-13H2,1-2H3,(H,20,21). The SMILES string of the molecule is CCNC1(C(=O)O)CCCC1CCN(CC)CC1CCC1. The van der Waals surface area contributed by atoms with Crippen molar-refractivity contribution >= 4 is 5.97 Å². The van der Waals surface area contributed by atoms with Gasteiger partial charge in [-0.1, -0.05) is 26.7 Å². The highest BCUT2D eigenvalue weighted by atomic mass is 16.4. The van der Waals surface area contributed by atoms with E-state index in [4.69, 9.17) is 0 Å². The number of carboxylic acids is 1. The molecule has 2 atom stereocenters. The summed E-state index contributed by atoms with van der Waals surface area (Å²) in [5, 5.41) is 13.0. The van der Waals surface area contributed by atoms with Crippen molar-refractivity contribution in [2.75, 3.05) is 26.2 Å². The molecule has 0 aliphatic heterocycles. The fourth-order valence-corrected chi connectivity index (χ4v) is 4.13. The van der Waals surface area contributed by atoms with E-state index in [1.165, 1.54) is 25.8 Å². The van der Waals surface area contributed by atoms with Crippen LogP contribution >= 0.6 is 0 Å². The summed E-state index contributed by atoms with van der Waals surface area (Å²) in [5.74, 6) is 0.533. The molecule has 2 fully saturated rings. The van der Waals surface area contributed by atoms with Gasteiger partial charge in [-0.3, -0.25) is 4.79 Å². The molecule has 0 bridgehead atoms. The Balaban J connectivity index is 1.88. The zero-order valence-corrected chi connectivity index (χ0v) is 13.7. The van der Waals surface area contributed by atoms with E-state index in [9.17, 15) is 9.90 Å². The molecule has 2 rings (SSSR count). The molecule has 4 nitrogen and oxygen atoms in total. The summed E-state index contributed by atoms with van der Waals surface area (Å²) >= 11 is 0. The topological polar surface area (TPSA) is 52.6 Å². The lowest BCUT2D eigenvalue weighted by molar-refractivity contribution is -0.146. The molecule has 21 heavy (non-hydrogen) atoms. The van der Waals surface area contributed by atoms with Crippen LogP contribution in [0.25, 0.3) is 0 Å². The minimum Gasteiger partial charge on any atom is -0.480 e. The quantitative estimate of drug-likeness (QED) is 0.687. The number of nitrogens with zero attached hydrogens (tertiary/aromatic N) is 1. The third-order valence-electron chi connectivity index (χ3n) is 5.68. The average molecular weight is 296 g/mol. The van der Waals surface area contributed by atoms with E-state index in [2.05, 4.69) is 17.1 Å². The van der Waals surface area contributed by atoms with Crippen molar-refractivity contribution < 1.29 is 9.90 Å². The highest BCUT2D eigenvalue weighted by molar-refractivity contribution is 5.79. The fraction of sp³-hybridized carbons (Fsp3) is 0.941. The third-order valence-corrected chi connectivity index (χ3v) is 5.68. The van der Waals surface area contributed by atoms with E-state index >= 15 is 0 Å². The molecule has 4 heteroatoms. The van der Waals surface area contributed by atoms with Crippen LogP contribution in [0.2, 0.25) is 0 Å². The normalized spacial score (nSPS) is 29.8. The van der Waals surface area contributed by atoms with Gasteiger partial charge in [-0.25, -0.2) is 0 Å². The summed E-state index contributed by atoms with van der Waals surface area (Å²) in [5.41, 5.74) is -0.662. The Hall–Kier alpha value is -0.610. The van der Waals surface area contributed by atoms with E-state index in [1.807, 2.05) is 6.92 Å². The largest absolute Gasteiger partial charge is 0.480 e. The number of carboxylic acid groups (broad SMARTS) is 1. The number of nitrogens with one attached hydrogen (secondary N) is 1. The highest BCUT2D eigenvalue weighted by Gasteiger charge is 2.48. The first kappa shape index (κ1) is 16.8. The molecule has 0 aromatic heterocycles. The van der Waals surface area contributed by atoms with Gasteiger partial charge in [-0.15, -0.1) is 0 Å². The summed E-state index contributed by atoms with van der Waals surface area (Å²) in [6, 6.07) is 0. The number of likely N-dealkylation sites (N-methyl/N-ethyl adjacent to an activating group) is 1. The lowest BCUT2D eigenvalue weighted by atomic mass is 9.83. The molecule has 2 N–H and O–H groups in total. The zero-order chi connectivity index (χ0) is 15.3. The van der Waals surface area contributed by atoms with Gasteiger partial charge in [-0.05, 0) is 63.6 Å². The molecule has 2 unspecified atom stereocenters. The molecule has 2 saturated carbocycles. The van der Waals surface area contributed by atoms with E-state index in [0.717, 1.165) is 51.2 Å². The van der Waals surface area contributed by atoms with E-state index in [0.29, 0.717) is 0 Å². The Labute approximate surface area is 129 Å². The van der Waals surface area contributed by atoms with Gasteiger partial charge in [0.25, 0.3) is 0 Å². The Kier molecular flexibility index (Phi) is 6.06. The number of hydrogen-bond acceptors (Lipinski definition) is 3. The van der Waals surface area contributed by atoms with Crippen molar-refractivity contribution in [3.8, 4) is 0 Å². The first-order valence-corrected chi connectivity index (χ1v) is 8.83. The smallest absolute Gasteiger partial charge is 0.324 e. The van der Waals surface area contributed by atoms with Crippen LogP contribution in [-0.4, -0.2) is 47.7 Å². The molecule has 0 aromatic carbocycles. The number of rotatable bonds is 9. The van der Waals surface area contributed by atoms with Crippen LogP contribution < -0.4 is 5.32 Å². The predicted octanol–water partition coefficient (Wildman–Crippen LogP) is 2.73. The number of carbonyl (C=O) groups is 1. The maximum absolute atomic E-state index is 11.8. The predicted molar refractivity (Wildman–Crippen MR) is 85.5 cm³/mol. The third kappa shape index (κ3) is 3.78. The minimum absolute atomic E-state index is 0.283. The summed E-state index contributed by atoms with van der Waals surface area (Å²) in [6.45, 7) is 8.33. The first-order chi connectivity index (χ1) is 10.1. The Bertz CT molecular complexity index is 344. The van der Waals surface area contributed by atoms with Crippen LogP contribution in [0, 0.1) is 11.8 Å². The second kappa shape index (κ2) is 7.59. The maximum atomic E-state index is 11.8. The Morgan fingerprint density at radius 1 is 1.29 bits per heavy atom. The van der Waals surface area contributed by atoms with Gasteiger partial charge >= 0.3 is 5.97 Å². The van der Waals surface area contributed by atoms with Gasteiger partial charge in [0.2, 0.25) is 0 Å². The molecular formula is C17H32N2O2.